The summed E-state index contributed by atoms with van der Waals surface area (Å²) in [6.07, 6.45) is 6.41. The Morgan fingerprint density at radius 2 is 2.05 bits per heavy atom. The van der Waals surface area contributed by atoms with Crippen molar-refractivity contribution in [3.8, 4) is 0 Å². The van der Waals surface area contributed by atoms with Gasteiger partial charge in [0.25, 0.3) is 0 Å². The molecule has 2 heterocycles. The summed E-state index contributed by atoms with van der Waals surface area (Å²) >= 11 is 3.62. The largest absolute Gasteiger partial charge is 0.330 e. The summed E-state index contributed by atoms with van der Waals surface area (Å²) in [6, 6.07) is 8.39. The van der Waals surface area contributed by atoms with Gasteiger partial charge >= 0.3 is 0 Å². The highest BCUT2D eigenvalue weighted by Crippen LogP contribution is 2.26. The third-order valence-corrected chi connectivity index (χ3v) is 4.57. The van der Waals surface area contributed by atoms with Crippen LogP contribution < -0.4 is 5.32 Å². The summed E-state index contributed by atoms with van der Waals surface area (Å²) < 4.78 is 3.45. The van der Waals surface area contributed by atoms with E-state index in [1.807, 2.05) is 12.5 Å². The average molecular weight is 320 g/mol. The number of rotatable bonds is 3. The van der Waals surface area contributed by atoms with Crippen molar-refractivity contribution in [2.75, 3.05) is 13.1 Å². The van der Waals surface area contributed by atoms with Gasteiger partial charge in [0.15, 0.2) is 0 Å². The molecule has 0 aliphatic carbocycles. The van der Waals surface area contributed by atoms with Crippen molar-refractivity contribution in [2.24, 2.45) is 0 Å². The Kier molecular flexibility index (Phi) is 3.99. The SMILES string of the molecule is Brc1ccccc1Cn1cncc1C1CCNCC1. The normalized spacial score (nSPS) is 16.7. The maximum atomic E-state index is 4.35. The molecule has 1 aromatic heterocycles. The van der Waals surface area contributed by atoms with Crippen LogP contribution in [0.3, 0.4) is 0 Å². The van der Waals surface area contributed by atoms with Crippen LogP contribution in [0, 0.1) is 0 Å². The van der Waals surface area contributed by atoms with Crippen LogP contribution in [0.2, 0.25) is 0 Å². The van der Waals surface area contributed by atoms with Gasteiger partial charge in [-0.25, -0.2) is 4.98 Å². The second kappa shape index (κ2) is 5.88. The molecule has 1 N–H and O–H groups in total. The van der Waals surface area contributed by atoms with Gasteiger partial charge in [-0.05, 0) is 37.6 Å². The molecular formula is C15H18BrN3. The molecule has 0 atom stereocenters. The smallest absolute Gasteiger partial charge is 0.0951 e. The van der Waals surface area contributed by atoms with Gasteiger partial charge in [0.1, 0.15) is 0 Å². The van der Waals surface area contributed by atoms with Crippen molar-refractivity contribution in [3.63, 3.8) is 0 Å². The summed E-state index contributed by atoms with van der Waals surface area (Å²) in [5.74, 6) is 0.645. The van der Waals surface area contributed by atoms with Crippen LogP contribution in [0.5, 0.6) is 0 Å². The van der Waals surface area contributed by atoms with Crippen LogP contribution in [0.15, 0.2) is 41.3 Å². The van der Waals surface area contributed by atoms with E-state index in [-0.39, 0.29) is 0 Å². The molecule has 1 aliphatic heterocycles. The average Bonchev–Trinajstić information content (AvgIpc) is 2.91. The van der Waals surface area contributed by atoms with E-state index in [1.165, 1.54) is 28.6 Å². The highest BCUT2D eigenvalue weighted by molar-refractivity contribution is 9.10. The predicted molar refractivity (Wildman–Crippen MR) is 80.3 cm³/mol. The van der Waals surface area contributed by atoms with Gasteiger partial charge in [-0.15, -0.1) is 0 Å². The van der Waals surface area contributed by atoms with Crippen LogP contribution in [-0.2, 0) is 6.54 Å². The van der Waals surface area contributed by atoms with Crippen molar-refractivity contribution in [1.29, 1.82) is 0 Å². The van der Waals surface area contributed by atoms with E-state index < -0.39 is 0 Å². The van der Waals surface area contributed by atoms with Gasteiger partial charge in [0, 0.05) is 28.8 Å². The van der Waals surface area contributed by atoms with E-state index in [9.17, 15) is 0 Å². The molecule has 3 nitrogen and oxygen atoms in total. The topological polar surface area (TPSA) is 29.9 Å². The van der Waals surface area contributed by atoms with Crippen molar-refractivity contribution in [3.05, 3.63) is 52.5 Å². The summed E-state index contributed by atoms with van der Waals surface area (Å²) in [6.45, 7) is 3.12. The Hall–Kier alpha value is -1.13. The first-order chi connectivity index (χ1) is 9.34. The van der Waals surface area contributed by atoms with Crippen LogP contribution in [0.25, 0.3) is 0 Å². The predicted octanol–water partition coefficient (Wildman–Crippen LogP) is 3.16. The molecule has 1 aromatic carbocycles. The Morgan fingerprint density at radius 1 is 1.26 bits per heavy atom. The van der Waals surface area contributed by atoms with Crippen LogP contribution in [-0.4, -0.2) is 22.6 Å². The Morgan fingerprint density at radius 3 is 2.84 bits per heavy atom. The van der Waals surface area contributed by atoms with Crippen molar-refractivity contribution in [1.82, 2.24) is 14.9 Å². The molecule has 1 saturated heterocycles. The van der Waals surface area contributed by atoms with Gasteiger partial charge in [-0.3, -0.25) is 0 Å². The van der Waals surface area contributed by atoms with Gasteiger partial charge in [-0.2, -0.15) is 0 Å². The number of nitrogens with one attached hydrogen (secondary N) is 1. The summed E-state index contributed by atoms with van der Waals surface area (Å²) in [5, 5.41) is 3.42. The van der Waals surface area contributed by atoms with Gasteiger partial charge in [0.2, 0.25) is 0 Å². The first-order valence-corrected chi connectivity index (χ1v) is 7.58. The zero-order valence-corrected chi connectivity index (χ0v) is 12.4. The standard InChI is InChI=1S/C15H18BrN3/c16-14-4-2-1-3-13(14)10-19-11-18-9-15(19)12-5-7-17-8-6-12/h1-4,9,11-12,17H,5-8,10H2. The third kappa shape index (κ3) is 2.90. The number of hydrogen-bond donors (Lipinski definition) is 1. The lowest BCUT2D eigenvalue weighted by Gasteiger charge is -2.23. The maximum absolute atomic E-state index is 4.35. The van der Waals surface area contributed by atoms with E-state index in [0.717, 1.165) is 19.6 Å². The molecule has 0 radical (unpaired) electrons. The maximum Gasteiger partial charge on any atom is 0.0951 e. The number of hydrogen-bond acceptors (Lipinski definition) is 2. The lowest BCUT2D eigenvalue weighted by atomic mass is 9.95. The lowest BCUT2D eigenvalue weighted by molar-refractivity contribution is 0.442. The third-order valence-electron chi connectivity index (χ3n) is 3.80. The molecule has 1 fully saturated rings. The Bertz CT molecular complexity index is 544. The lowest BCUT2D eigenvalue weighted by Crippen LogP contribution is -2.27. The molecule has 3 rings (SSSR count). The molecular weight excluding hydrogens is 302 g/mol. The summed E-state index contributed by atoms with van der Waals surface area (Å²) in [5.41, 5.74) is 2.67. The minimum atomic E-state index is 0.645. The van der Waals surface area contributed by atoms with E-state index >= 15 is 0 Å². The van der Waals surface area contributed by atoms with Crippen molar-refractivity contribution >= 4 is 15.9 Å². The van der Waals surface area contributed by atoms with Crippen molar-refractivity contribution < 1.29 is 0 Å². The summed E-state index contributed by atoms with van der Waals surface area (Å²) in [7, 11) is 0. The van der Waals surface area contributed by atoms with Crippen LogP contribution >= 0.6 is 15.9 Å². The number of piperidine rings is 1. The molecule has 19 heavy (non-hydrogen) atoms. The molecule has 0 amide bonds. The number of halogens is 1. The molecule has 100 valence electrons. The minimum absolute atomic E-state index is 0.645. The molecule has 1 aliphatic rings. The number of nitrogens with zero attached hydrogens (tertiary/aromatic N) is 2. The molecule has 0 saturated carbocycles. The Labute approximate surface area is 122 Å². The van der Waals surface area contributed by atoms with E-state index in [1.54, 1.807) is 0 Å². The van der Waals surface area contributed by atoms with Crippen molar-refractivity contribution in [2.45, 2.75) is 25.3 Å². The second-order valence-corrected chi connectivity index (χ2v) is 5.92. The van der Waals surface area contributed by atoms with E-state index in [4.69, 9.17) is 0 Å². The fraction of sp³-hybridized carbons (Fsp3) is 0.400. The van der Waals surface area contributed by atoms with Gasteiger partial charge in [0.05, 0.1) is 6.33 Å². The highest BCUT2D eigenvalue weighted by atomic mass is 79.9. The minimum Gasteiger partial charge on any atom is -0.330 e. The summed E-state index contributed by atoms with van der Waals surface area (Å²) in [4.78, 5) is 4.35. The zero-order chi connectivity index (χ0) is 13.1. The quantitative estimate of drug-likeness (QED) is 0.941. The van der Waals surface area contributed by atoms with Gasteiger partial charge in [-0.1, -0.05) is 34.1 Å². The molecule has 0 unspecified atom stereocenters. The highest BCUT2D eigenvalue weighted by Gasteiger charge is 2.18. The van der Waals surface area contributed by atoms with Gasteiger partial charge < -0.3 is 9.88 Å². The molecule has 2 aromatic rings. The fourth-order valence-electron chi connectivity index (χ4n) is 2.73. The first kappa shape index (κ1) is 12.9. The molecule has 4 heteroatoms. The Balaban J connectivity index is 1.82. The number of aromatic nitrogens is 2. The van der Waals surface area contributed by atoms with Crippen LogP contribution in [0.1, 0.15) is 30.0 Å². The van der Waals surface area contributed by atoms with E-state index in [0.29, 0.717) is 5.92 Å². The molecule has 0 spiro atoms. The first-order valence-electron chi connectivity index (χ1n) is 6.79. The fourth-order valence-corrected chi connectivity index (χ4v) is 3.14. The number of imidazole rings is 1. The van der Waals surface area contributed by atoms with Crippen LogP contribution in [0.4, 0.5) is 0 Å². The monoisotopic (exact) mass is 319 g/mol. The second-order valence-electron chi connectivity index (χ2n) is 5.06. The molecule has 0 bridgehead atoms. The van der Waals surface area contributed by atoms with E-state index in [2.05, 4.69) is 55.1 Å². The number of benzene rings is 1. The zero-order valence-electron chi connectivity index (χ0n) is 10.8.